The normalized spacial score (nSPS) is 16.2. The molecule has 0 atom stereocenters. The van der Waals surface area contributed by atoms with Crippen LogP contribution in [0.4, 0.5) is 0 Å². The fraction of sp³-hybridized carbons (Fsp3) is 0.429. The van der Waals surface area contributed by atoms with E-state index in [0.29, 0.717) is 24.7 Å². The summed E-state index contributed by atoms with van der Waals surface area (Å²) in [7, 11) is 1.74. The van der Waals surface area contributed by atoms with Gasteiger partial charge in [0.2, 0.25) is 11.7 Å². The summed E-state index contributed by atoms with van der Waals surface area (Å²) in [4.78, 5) is 4.57. The van der Waals surface area contributed by atoms with Crippen molar-refractivity contribution in [2.75, 3.05) is 13.7 Å². The molecule has 2 aromatic carbocycles. The Morgan fingerprint density at radius 2 is 1.88 bits per heavy atom. The molecule has 1 aliphatic rings. The molecule has 0 amide bonds. The third-order valence-corrected chi connectivity index (χ3v) is 5.22. The van der Waals surface area contributed by atoms with E-state index in [-0.39, 0.29) is 5.60 Å². The summed E-state index contributed by atoms with van der Waals surface area (Å²) in [5, 5.41) is 6.49. The molecule has 0 radical (unpaired) electrons. The van der Waals surface area contributed by atoms with Crippen molar-refractivity contribution in [1.82, 2.24) is 10.1 Å². The van der Waals surface area contributed by atoms with Crippen LogP contribution < -0.4 is 4.74 Å². The summed E-state index contributed by atoms with van der Waals surface area (Å²) in [5.74, 6) is 2.27. The zero-order valence-corrected chi connectivity index (χ0v) is 15.1. The predicted molar refractivity (Wildman–Crippen MR) is 99.2 cm³/mol. The summed E-state index contributed by atoms with van der Waals surface area (Å²) >= 11 is 0. The SMILES string of the molecule is COC1(c2noc(CCCOc3cccc4ccccc34)n2)CCCC1. The van der Waals surface area contributed by atoms with Crippen molar-refractivity contribution in [2.45, 2.75) is 44.1 Å². The second-order valence-corrected chi connectivity index (χ2v) is 6.85. The summed E-state index contributed by atoms with van der Waals surface area (Å²) in [6.45, 7) is 0.612. The second-order valence-electron chi connectivity index (χ2n) is 6.85. The average Bonchev–Trinajstić information content (AvgIpc) is 3.35. The number of methoxy groups -OCH3 is 1. The largest absolute Gasteiger partial charge is 0.493 e. The van der Waals surface area contributed by atoms with Crippen LogP contribution in [0.5, 0.6) is 5.75 Å². The van der Waals surface area contributed by atoms with Gasteiger partial charge in [0.05, 0.1) is 6.61 Å². The Bertz CT molecular complexity index is 863. The molecule has 0 aliphatic heterocycles. The fourth-order valence-electron chi connectivity index (χ4n) is 3.73. The summed E-state index contributed by atoms with van der Waals surface area (Å²) in [6.07, 6.45) is 5.76. The lowest BCUT2D eigenvalue weighted by molar-refractivity contribution is -0.0178. The number of rotatable bonds is 7. The first-order valence-corrected chi connectivity index (χ1v) is 9.29. The smallest absolute Gasteiger partial charge is 0.226 e. The minimum Gasteiger partial charge on any atom is -0.493 e. The Morgan fingerprint density at radius 1 is 1.08 bits per heavy atom. The number of ether oxygens (including phenoxy) is 2. The fourth-order valence-corrected chi connectivity index (χ4v) is 3.73. The Balaban J connectivity index is 1.34. The number of aromatic nitrogens is 2. The van der Waals surface area contributed by atoms with Crippen molar-refractivity contribution >= 4 is 10.8 Å². The van der Waals surface area contributed by atoms with Crippen LogP contribution in [0.3, 0.4) is 0 Å². The number of benzene rings is 2. The lowest BCUT2D eigenvalue weighted by Crippen LogP contribution is -2.26. The van der Waals surface area contributed by atoms with E-state index in [1.807, 2.05) is 24.3 Å². The van der Waals surface area contributed by atoms with E-state index in [9.17, 15) is 0 Å². The summed E-state index contributed by atoms with van der Waals surface area (Å²) in [6, 6.07) is 14.4. The summed E-state index contributed by atoms with van der Waals surface area (Å²) in [5.41, 5.74) is -0.346. The highest BCUT2D eigenvalue weighted by molar-refractivity contribution is 5.88. The third kappa shape index (κ3) is 3.31. The van der Waals surface area contributed by atoms with Crippen LogP contribution in [0.15, 0.2) is 47.0 Å². The topological polar surface area (TPSA) is 57.4 Å². The molecule has 1 aliphatic carbocycles. The Kier molecular flexibility index (Phi) is 4.89. The van der Waals surface area contributed by atoms with E-state index in [1.165, 1.54) is 5.39 Å². The zero-order chi connectivity index (χ0) is 17.8. The van der Waals surface area contributed by atoms with E-state index in [4.69, 9.17) is 14.0 Å². The Labute approximate surface area is 153 Å². The number of aryl methyl sites for hydroxylation is 1. The van der Waals surface area contributed by atoms with Gasteiger partial charge in [0.1, 0.15) is 11.4 Å². The first-order chi connectivity index (χ1) is 12.8. The summed E-state index contributed by atoms with van der Waals surface area (Å²) < 4.78 is 17.1. The second kappa shape index (κ2) is 7.46. The standard InChI is InChI=1S/C21H24N2O3/c1-24-21(13-4-5-14-21)20-22-19(26-23-20)12-7-15-25-18-11-6-9-16-8-2-3-10-17(16)18/h2-3,6,8-11H,4-5,7,12-15H2,1H3. The predicted octanol–water partition coefficient (Wildman–Crippen LogP) is 4.65. The number of hydrogen-bond acceptors (Lipinski definition) is 5. The molecule has 5 heteroatoms. The number of fused-ring (bicyclic) bond motifs is 1. The molecule has 0 spiro atoms. The van der Waals surface area contributed by atoms with Crippen molar-refractivity contribution in [3.8, 4) is 5.75 Å². The molecule has 1 heterocycles. The van der Waals surface area contributed by atoms with Gasteiger partial charge in [0.25, 0.3) is 0 Å². The van der Waals surface area contributed by atoms with Crippen molar-refractivity contribution in [1.29, 1.82) is 0 Å². The monoisotopic (exact) mass is 352 g/mol. The van der Waals surface area contributed by atoms with Crippen LogP contribution in [0.1, 0.15) is 43.8 Å². The maximum absolute atomic E-state index is 5.97. The third-order valence-electron chi connectivity index (χ3n) is 5.22. The molecule has 3 aromatic rings. The molecular formula is C21H24N2O3. The van der Waals surface area contributed by atoms with Gasteiger partial charge >= 0.3 is 0 Å². The highest BCUT2D eigenvalue weighted by Gasteiger charge is 2.40. The molecule has 136 valence electrons. The van der Waals surface area contributed by atoms with Gasteiger partial charge in [0, 0.05) is 18.9 Å². The number of hydrogen-bond donors (Lipinski definition) is 0. The molecule has 0 bridgehead atoms. The minimum absolute atomic E-state index is 0.346. The van der Waals surface area contributed by atoms with Gasteiger partial charge in [-0.3, -0.25) is 0 Å². The van der Waals surface area contributed by atoms with Crippen molar-refractivity contribution in [3.05, 3.63) is 54.2 Å². The molecule has 0 N–H and O–H groups in total. The molecule has 1 aromatic heterocycles. The van der Waals surface area contributed by atoms with E-state index < -0.39 is 0 Å². The zero-order valence-electron chi connectivity index (χ0n) is 15.1. The van der Waals surface area contributed by atoms with Gasteiger partial charge in [-0.25, -0.2) is 0 Å². The first kappa shape index (κ1) is 17.0. The lowest BCUT2D eigenvalue weighted by atomic mass is 10.0. The molecule has 1 fully saturated rings. The van der Waals surface area contributed by atoms with Gasteiger partial charge in [-0.2, -0.15) is 4.98 Å². The van der Waals surface area contributed by atoms with E-state index in [1.54, 1.807) is 7.11 Å². The molecule has 1 saturated carbocycles. The van der Waals surface area contributed by atoms with E-state index in [0.717, 1.165) is 43.2 Å². The molecule has 26 heavy (non-hydrogen) atoms. The molecule has 5 nitrogen and oxygen atoms in total. The van der Waals surface area contributed by atoms with Crippen molar-refractivity contribution < 1.29 is 14.0 Å². The highest BCUT2D eigenvalue weighted by Crippen LogP contribution is 2.40. The maximum atomic E-state index is 5.97. The van der Waals surface area contributed by atoms with Crippen LogP contribution >= 0.6 is 0 Å². The van der Waals surface area contributed by atoms with Gasteiger partial charge < -0.3 is 14.0 Å². The first-order valence-electron chi connectivity index (χ1n) is 9.29. The highest BCUT2D eigenvalue weighted by atomic mass is 16.5. The average molecular weight is 352 g/mol. The van der Waals surface area contributed by atoms with Crippen LogP contribution in [-0.4, -0.2) is 23.9 Å². The van der Waals surface area contributed by atoms with Crippen molar-refractivity contribution in [2.24, 2.45) is 0 Å². The van der Waals surface area contributed by atoms with Gasteiger partial charge in [0.15, 0.2) is 0 Å². The number of nitrogens with zero attached hydrogens (tertiary/aromatic N) is 2. The quantitative estimate of drug-likeness (QED) is 0.579. The van der Waals surface area contributed by atoms with Crippen LogP contribution in [-0.2, 0) is 16.8 Å². The van der Waals surface area contributed by atoms with Gasteiger partial charge in [-0.05, 0) is 43.6 Å². The lowest BCUT2D eigenvalue weighted by Gasteiger charge is -2.22. The van der Waals surface area contributed by atoms with Crippen LogP contribution in [0.2, 0.25) is 0 Å². The molecule has 0 unspecified atom stereocenters. The van der Waals surface area contributed by atoms with E-state index in [2.05, 4.69) is 28.3 Å². The molecule has 0 saturated heterocycles. The minimum atomic E-state index is -0.346. The van der Waals surface area contributed by atoms with Crippen LogP contribution in [0, 0.1) is 0 Å². The van der Waals surface area contributed by atoms with Gasteiger partial charge in [-0.1, -0.05) is 41.6 Å². The Morgan fingerprint density at radius 3 is 2.73 bits per heavy atom. The molecule has 4 rings (SSSR count). The van der Waals surface area contributed by atoms with E-state index >= 15 is 0 Å². The molecular weight excluding hydrogens is 328 g/mol. The maximum Gasteiger partial charge on any atom is 0.226 e. The van der Waals surface area contributed by atoms with Crippen molar-refractivity contribution in [3.63, 3.8) is 0 Å². The Hall–Kier alpha value is -2.40. The van der Waals surface area contributed by atoms with Gasteiger partial charge in [-0.15, -0.1) is 0 Å². The van der Waals surface area contributed by atoms with Crippen LogP contribution in [0.25, 0.3) is 10.8 Å².